The molecule has 10 heteroatoms. The van der Waals surface area contributed by atoms with Crippen LogP contribution in [0.4, 0.5) is 25.3 Å². The fourth-order valence-electron chi connectivity index (χ4n) is 3.38. The Balaban J connectivity index is 1.49. The average Bonchev–Trinajstić information content (AvgIpc) is 3.18. The monoisotopic (exact) mass is 440 g/mol. The van der Waals surface area contributed by atoms with E-state index in [1.54, 1.807) is 31.5 Å². The highest BCUT2D eigenvalue weighted by atomic mass is 19.1. The predicted octanol–water partition coefficient (Wildman–Crippen LogP) is 4.24. The Bertz CT molecular complexity index is 1130. The van der Waals surface area contributed by atoms with Crippen molar-refractivity contribution in [2.24, 2.45) is 0 Å². The van der Waals surface area contributed by atoms with Gasteiger partial charge in [0.05, 0.1) is 6.04 Å². The lowest BCUT2D eigenvalue weighted by Gasteiger charge is -2.22. The van der Waals surface area contributed by atoms with Crippen molar-refractivity contribution in [1.82, 2.24) is 19.9 Å². The molecule has 3 aromatic rings. The number of carbonyl (C=O) groups excluding carboxylic acids is 1. The summed E-state index contributed by atoms with van der Waals surface area (Å²) in [6.45, 7) is 4.87. The van der Waals surface area contributed by atoms with Crippen LogP contribution in [0.5, 0.6) is 0 Å². The number of cyclic esters (lactones) is 1. The lowest BCUT2D eigenvalue weighted by molar-refractivity contribution is 0.174. The van der Waals surface area contributed by atoms with Crippen LogP contribution in [0.15, 0.2) is 42.9 Å². The molecule has 1 unspecified atom stereocenters. The highest BCUT2D eigenvalue weighted by Gasteiger charge is 2.39. The number of hydrogen-bond donors (Lipinski definition) is 1. The second-order valence-electron chi connectivity index (χ2n) is 7.59. The maximum absolute atomic E-state index is 13.9. The summed E-state index contributed by atoms with van der Waals surface area (Å²) in [6.07, 6.45) is 2.88. The van der Waals surface area contributed by atoms with Gasteiger partial charge in [-0.3, -0.25) is 4.90 Å². The van der Waals surface area contributed by atoms with E-state index in [9.17, 15) is 13.6 Å². The van der Waals surface area contributed by atoms with E-state index in [2.05, 4.69) is 25.3 Å². The van der Waals surface area contributed by atoms with Crippen molar-refractivity contribution >= 4 is 17.9 Å². The van der Waals surface area contributed by atoms with Crippen molar-refractivity contribution in [2.45, 2.75) is 39.0 Å². The highest BCUT2D eigenvalue weighted by Crippen LogP contribution is 2.26. The summed E-state index contributed by atoms with van der Waals surface area (Å²) in [5, 5.41) is 3.09. The Morgan fingerprint density at radius 1 is 1.16 bits per heavy atom. The summed E-state index contributed by atoms with van der Waals surface area (Å²) in [7, 11) is 0. The molecule has 1 amide bonds. The second-order valence-corrected chi connectivity index (χ2v) is 7.59. The fraction of sp³-hybridized carbons (Fsp3) is 0.318. The van der Waals surface area contributed by atoms with Crippen molar-refractivity contribution in [3.05, 3.63) is 60.1 Å². The number of alkyl halides is 1. The van der Waals surface area contributed by atoms with Gasteiger partial charge in [0.1, 0.15) is 36.3 Å². The number of hydrogen-bond acceptors (Lipinski definition) is 7. The minimum Gasteiger partial charge on any atom is -0.447 e. The highest BCUT2D eigenvalue weighted by molar-refractivity contribution is 5.89. The summed E-state index contributed by atoms with van der Waals surface area (Å²) >= 11 is 0. The minimum atomic E-state index is -1.27. The van der Waals surface area contributed by atoms with Crippen LogP contribution >= 0.6 is 0 Å². The molecule has 0 aliphatic carbocycles. The van der Waals surface area contributed by atoms with Crippen molar-refractivity contribution in [1.29, 1.82) is 0 Å². The van der Waals surface area contributed by atoms with Gasteiger partial charge in [-0.2, -0.15) is 4.98 Å². The molecule has 0 spiro atoms. The first-order valence-electron chi connectivity index (χ1n) is 10.1. The van der Waals surface area contributed by atoms with Gasteiger partial charge in [-0.15, -0.1) is 0 Å². The van der Waals surface area contributed by atoms with Crippen molar-refractivity contribution in [3.63, 3.8) is 0 Å². The van der Waals surface area contributed by atoms with E-state index < -0.39 is 18.3 Å². The van der Waals surface area contributed by atoms with Gasteiger partial charge < -0.3 is 10.1 Å². The van der Waals surface area contributed by atoms with Crippen LogP contribution < -0.4 is 10.2 Å². The number of carbonyl (C=O) groups is 1. The number of aromatic nitrogens is 4. The van der Waals surface area contributed by atoms with Crippen LogP contribution in [0.2, 0.25) is 0 Å². The molecule has 4 rings (SSSR count). The number of amides is 1. The van der Waals surface area contributed by atoms with Gasteiger partial charge in [0.25, 0.3) is 0 Å². The molecule has 1 saturated heterocycles. The van der Waals surface area contributed by atoms with E-state index in [1.165, 1.54) is 30.2 Å². The molecule has 166 valence electrons. The number of ether oxygens (including phenoxy) is 1. The quantitative estimate of drug-likeness (QED) is 0.613. The van der Waals surface area contributed by atoms with Crippen LogP contribution in [0.3, 0.4) is 0 Å². The van der Waals surface area contributed by atoms with E-state index in [0.29, 0.717) is 11.4 Å². The Kier molecular flexibility index (Phi) is 5.93. The van der Waals surface area contributed by atoms with E-state index >= 15 is 0 Å². The number of nitrogens with one attached hydrogen (secondary N) is 1. The molecule has 1 aliphatic heterocycles. The van der Waals surface area contributed by atoms with Crippen LogP contribution in [0.25, 0.3) is 11.1 Å². The maximum Gasteiger partial charge on any atom is 0.416 e. The van der Waals surface area contributed by atoms with Crippen molar-refractivity contribution < 1.29 is 18.3 Å². The molecule has 1 aliphatic rings. The molecule has 1 N–H and O–H groups in total. The third kappa shape index (κ3) is 4.34. The summed E-state index contributed by atoms with van der Waals surface area (Å²) in [5.41, 5.74) is 2.13. The van der Waals surface area contributed by atoms with Gasteiger partial charge >= 0.3 is 6.09 Å². The van der Waals surface area contributed by atoms with Crippen LogP contribution in [-0.4, -0.2) is 44.8 Å². The van der Waals surface area contributed by atoms with Gasteiger partial charge in [0, 0.05) is 24.2 Å². The van der Waals surface area contributed by atoms with Gasteiger partial charge in [0.2, 0.25) is 5.95 Å². The molecule has 0 radical (unpaired) electrons. The molecule has 1 fully saturated rings. The number of halogens is 2. The Labute approximate surface area is 183 Å². The summed E-state index contributed by atoms with van der Waals surface area (Å²) in [5.74, 6) is 0.717. The number of anilines is 2. The van der Waals surface area contributed by atoms with E-state index in [4.69, 9.17) is 4.74 Å². The molecular weight excluding hydrogens is 418 g/mol. The van der Waals surface area contributed by atoms with E-state index in [-0.39, 0.29) is 30.2 Å². The van der Waals surface area contributed by atoms with Crippen LogP contribution in [0.1, 0.15) is 31.3 Å². The van der Waals surface area contributed by atoms with Crippen LogP contribution in [-0.2, 0) is 4.74 Å². The first kappa shape index (κ1) is 21.5. The third-order valence-electron chi connectivity index (χ3n) is 5.22. The summed E-state index contributed by atoms with van der Waals surface area (Å²) < 4.78 is 32.3. The van der Waals surface area contributed by atoms with Gasteiger partial charge in [-0.1, -0.05) is 6.07 Å². The topological polar surface area (TPSA) is 93.1 Å². The summed E-state index contributed by atoms with van der Waals surface area (Å²) in [4.78, 5) is 30.5. The molecule has 3 heterocycles. The third-order valence-corrected chi connectivity index (χ3v) is 5.22. The molecule has 8 nitrogen and oxygen atoms in total. The largest absolute Gasteiger partial charge is 0.447 e. The lowest BCUT2D eigenvalue weighted by Crippen LogP contribution is -2.39. The zero-order chi connectivity index (χ0) is 22.8. The number of nitrogens with zero attached hydrogens (tertiary/aromatic N) is 5. The molecule has 1 aromatic carbocycles. The first-order chi connectivity index (χ1) is 15.3. The maximum atomic E-state index is 13.9. The number of rotatable bonds is 6. The molecular formula is C22H22F2N6O2. The molecule has 32 heavy (non-hydrogen) atoms. The first-order valence-corrected chi connectivity index (χ1v) is 10.1. The van der Waals surface area contributed by atoms with Gasteiger partial charge in [0.15, 0.2) is 0 Å². The molecule has 3 atom stereocenters. The lowest BCUT2D eigenvalue weighted by atomic mass is 10.1. The normalized spacial score (nSPS) is 17.7. The van der Waals surface area contributed by atoms with Crippen molar-refractivity contribution in [3.8, 4) is 11.1 Å². The summed E-state index contributed by atoms with van der Waals surface area (Å²) in [6, 6.07) is 5.26. The average molecular weight is 440 g/mol. The second kappa shape index (κ2) is 8.81. The van der Waals surface area contributed by atoms with E-state index in [1.807, 2.05) is 6.92 Å². The fourth-order valence-corrected chi connectivity index (χ4v) is 3.38. The zero-order valence-corrected chi connectivity index (χ0v) is 17.8. The van der Waals surface area contributed by atoms with E-state index in [0.717, 1.165) is 11.1 Å². The van der Waals surface area contributed by atoms with Gasteiger partial charge in [-0.25, -0.2) is 28.5 Å². The van der Waals surface area contributed by atoms with Crippen LogP contribution in [0, 0.1) is 12.7 Å². The van der Waals surface area contributed by atoms with Gasteiger partial charge in [-0.05, 0) is 50.1 Å². The number of aryl methyl sites for hydroxylation is 1. The number of benzene rings is 1. The minimum absolute atomic E-state index is 0.0343. The standard InChI is InChI=1S/C22H22F2N6O2/c1-12-8-15(4-5-17(12)24)16-9-26-20(27-10-16)14(3)28-21-25-7-6-19(29-21)30-18(13(2)23)11-32-22(30)31/h4-10,13-14,18H,11H2,1-3H3,(H,25,28,29)/t13-,14-,18?/m0/s1. The Hall–Kier alpha value is -3.69. The Morgan fingerprint density at radius 3 is 2.59 bits per heavy atom. The smallest absolute Gasteiger partial charge is 0.416 e. The molecule has 2 aromatic heterocycles. The SMILES string of the molecule is Cc1cc(-c2cnc([C@H](C)Nc3nccc(N4C(=O)OCC4[C@H](C)F)n3)nc2)ccc1F. The molecule has 0 saturated carbocycles. The van der Waals surface area contributed by atoms with Crippen molar-refractivity contribution in [2.75, 3.05) is 16.8 Å². The Morgan fingerprint density at radius 2 is 1.91 bits per heavy atom. The molecule has 0 bridgehead atoms. The zero-order valence-electron chi connectivity index (χ0n) is 17.8. The predicted molar refractivity (Wildman–Crippen MR) is 114 cm³/mol.